The molecule has 0 radical (unpaired) electrons. The zero-order valence-electron chi connectivity index (χ0n) is 11.7. The van der Waals surface area contributed by atoms with Gasteiger partial charge in [-0.15, -0.1) is 0 Å². The highest BCUT2D eigenvalue weighted by Gasteiger charge is 2.26. The van der Waals surface area contributed by atoms with Crippen molar-refractivity contribution in [2.45, 2.75) is 45.6 Å². The number of rotatable bonds is 7. The highest BCUT2D eigenvalue weighted by Crippen LogP contribution is 2.30. The Bertz CT molecular complexity index is 357. The van der Waals surface area contributed by atoms with E-state index >= 15 is 0 Å². The summed E-state index contributed by atoms with van der Waals surface area (Å²) < 4.78 is 5.88. The van der Waals surface area contributed by atoms with Gasteiger partial charge in [-0.25, -0.2) is 0 Å². The van der Waals surface area contributed by atoms with Gasteiger partial charge in [0.2, 0.25) is 0 Å². The van der Waals surface area contributed by atoms with Crippen LogP contribution in [0.5, 0.6) is 0 Å². The van der Waals surface area contributed by atoms with E-state index < -0.39 is 0 Å². The lowest BCUT2D eigenvalue weighted by Gasteiger charge is -2.35. The summed E-state index contributed by atoms with van der Waals surface area (Å²) in [4.78, 5) is 2.47. The second kappa shape index (κ2) is 6.39. The van der Waals surface area contributed by atoms with E-state index in [1.807, 2.05) is 0 Å². The van der Waals surface area contributed by atoms with E-state index in [4.69, 9.17) is 10.2 Å². The molecule has 102 valence electrons. The summed E-state index contributed by atoms with van der Waals surface area (Å²) >= 11 is 0. The largest absolute Gasteiger partial charge is 0.464 e. The van der Waals surface area contributed by atoms with Gasteiger partial charge in [-0.3, -0.25) is 4.90 Å². The van der Waals surface area contributed by atoms with Gasteiger partial charge in [-0.05, 0) is 37.4 Å². The van der Waals surface area contributed by atoms with Crippen LogP contribution >= 0.6 is 0 Å². The number of aryl methyl sites for hydroxylation is 1. The van der Waals surface area contributed by atoms with Crippen LogP contribution in [0.4, 0.5) is 0 Å². The Labute approximate surface area is 110 Å². The molecule has 1 heterocycles. The van der Waals surface area contributed by atoms with Crippen LogP contribution in [0.15, 0.2) is 16.5 Å². The quantitative estimate of drug-likeness (QED) is 0.809. The number of furan rings is 1. The van der Waals surface area contributed by atoms with Crippen molar-refractivity contribution in [3.63, 3.8) is 0 Å². The topological polar surface area (TPSA) is 42.4 Å². The van der Waals surface area contributed by atoms with E-state index in [0.29, 0.717) is 6.54 Å². The summed E-state index contributed by atoms with van der Waals surface area (Å²) in [6.07, 6.45) is 5.11. The fourth-order valence-corrected chi connectivity index (χ4v) is 2.69. The monoisotopic (exact) mass is 250 g/mol. The standard InChI is InChI=1S/C15H26N2O/c1-3-13-8-9-15(18-13)14(10-16)17(4-2)11-12-6-5-7-12/h8-9,12,14H,3-7,10-11,16H2,1-2H3. The molecule has 2 N–H and O–H groups in total. The summed E-state index contributed by atoms with van der Waals surface area (Å²) in [5.74, 6) is 2.97. The molecule has 1 aromatic rings. The average molecular weight is 250 g/mol. The minimum Gasteiger partial charge on any atom is -0.464 e. The lowest BCUT2D eigenvalue weighted by atomic mass is 9.85. The first-order valence-corrected chi connectivity index (χ1v) is 7.31. The van der Waals surface area contributed by atoms with Gasteiger partial charge in [0.25, 0.3) is 0 Å². The van der Waals surface area contributed by atoms with Crippen LogP contribution in [0.25, 0.3) is 0 Å². The molecule has 2 rings (SSSR count). The maximum absolute atomic E-state index is 5.97. The van der Waals surface area contributed by atoms with E-state index in [1.165, 1.54) is 25.8 Å². The van der Waals surface area contributed by atoms with Gasteiger partial charge in [-0.2, -0.15) is 0 Å². The summed E-state index contributed by atoms with van der Waals surface area (Å²) in [5.41, 5.74) is 5.97. The molecular weight excluding hydrogens is 224 g/mol. The van der Waals surface area contributed by atoms with Gasteiger partial charge < -0.3 is 10.2 Å². The van der Waals surface area contributed by atoms with Crippen LogP contribution in [0.2, 0.25) is 0 Å². The van der Waals surface area contributed by atoms with E-state index in [9.17, 15) is 0 Å². The molecule has 1 unspecified atom stereocenters. The Kier molecular flexibility index (Phi) is 4.84. The Balaban J connectivity index is 2.03. The van der Waals surface area contributed by atoms with Gasteiger partial charge in [0.15, 0.2) is 0 Å². The number of hydrogen-bond donors (Lipinski definition) is 1. The van der Waals surface area contributed by atoms with E-state index in [1.54, 1.807) is 0 Å². The van der Waals surface area contributed by atoms with Crippen molar-refractivity contribution in [1.82, 2.24) is 4.90 Å². The second-order valence-electron chi connectivity index (χ2n) is 5.29. The molecule has 0 saturated heterocycles. The van der Waals surface area contributed by atoms with Crippen molar-refractivity contribution in [3.05, 3.63) is 23.7 Å². The van der Waals surface area contributed by atoms with Crippen molar-refractivity contribution in [3.8, 4) is 0 Å². The average Bonchev–Trinajstić information content (AvgIpc) is 2.80. The highest BCUT2D eigenvalue weighted by atomic mass is 16.3. The number of likely N-dealkylation sites (N-methyl/N-ethyl adjacent to an activating group) is 1. The molecule has 0 bridgehead atoms. The predicted octanol–water partition coefficient (Wildman–Crippen LogP) is 2.96. The van der Waals surface area contributed by atoms with Crippen LogP contribution in [0.1, 0.15) is 50.7 Å². The molecule has 1 aromatic heterocycles. The summed E-state index contributed by atoms with van der Waals surface area (Å²) in [7, 11) is 0. The summed E-state index contributed by atoms with van der Waals surface area (Å²) in [6.45, 7) is 7.18. The Hall–Kier alpha value is -0.800. The molecule has 1 saturated carbocycles. The molecule has 3 heteroatoms. The molecule has 1 aliphatic rings. The van der Waals surface area contributed by atoms with Crippen molar-refractivity contribution in [2.24, 2.45) is 11.7 Å². The Morgan fingerprint density at radius 1 is 1.39 bits per heavy atom. The number of nitrogens with two attached hydrogens (primary N) is 1. The molecule has 1 atom stereocenters. The van der Waals surface area contributed by atoms with E-state index in [0.717, 1.165) is 30.4 Å². The third-order valence-corrected chi connectivity index (χ3v) is 4.15. The first kappa shape index (κ1) is 13.6. The maximum Gasteiger partial charge on any atom is 0.122 e. The van der Waals surface area contributed by atoms with Gasteiger partial charge >= 0.3 is 0 Å². The van der Waals surface area contributed by atoms with Crippen molar-refractivity contribution in [2.75, 3.05) is 19.6 Å². The molecule has 0 aliphatic heterocycles. The molecule has 0 aromatic carbocycles. The zero-order chi connectivity index (χ0) is 13.0. The second-order valence-corrected chi connectivity index (χ2v) is 5.29. The lowest BCUT2D eigenvalue weighted by Crippen LogP contribution is -2.38. The van der Waals surface area contributed by atoms with Crippen LogP contribution in [-0.2, 0) is 6.42 Å². The first-order valence-electron chi connectivity index (χ1n) is 7.31. The van der Waals surface area contributed by atoms with Gasteiger partial charge in [0.05, 0.1) is 6.04 Å². The third-order valence-electron chi connectivity index (χ3n) is 4.15. The molecule has 0 amide bonds. The minimum absolute atomic E-state index is 0.246. The van der Waals surface area contributed by atoms with E-state index in [2.05, 4.69) is 30.9 Å². The van der Waals surface area contributed by atoms with Crippen molar-refractivity contribution in [1.29, 1.82) is 0 Å². The molecule has 0 spiro atoms. The Morgan fingerprint density at radius 3 is 2.61 bits per heavy atom. The molecular formula is C15H26N2O. The van der Waals surface area contributed by atoms with Gasteiger partial charge in [0, 0.05) is 19.5 Å². The fourth-order valence-electron chi connectivity index (χ4n) is 2.69. The van der Waals surface area contributed by atoms with E-state index in [-0.39, 0.29) is 6.04 Å². The van der Waals surface area contributed by atoms with Crippen LogP contribution in [0, 0.1) is 5.92 Å². The van der Waals surface area contributed by atoms with Gasteiger partial charge in [-0.1, -0.05) is 20.3 Å². The minimum atomic E-state index is 0.246. The zero-order valence-corrected chi connectivity index (χ0v) is 11.7. The Morgan fingerprint density at radius 2 is 2.17 bits per heavy atom. The smallest absolute Gasteiger partial charge is 0.122 e. The maximum atomic E-state index is 5.97. The van der Waals surface area contributed by atoms with Crippen LogP contribution in [-0.4, -0.2) is 24.5 Å². The highest BCUT2D eigenvalue weighted by molar-refractivity contribution is 5.11. The predicted molar refractivity (Wildman–Crippen MR) is 74.5 cm³/mol. The summed E-state index contributed by atoms with van der Waals surface area (Å²) in [6, 6.07) is 4.42. The van der Waals surface area contributed by atoms with Crippen LogP contribution in [0.3, 0.4) is 0 Å². The fraction of sp³-hybridized carbons (Fsp3) is 0.733. The number of hydrogen-bond acceptors (Lipinski definition) is 3. The summed E-state index contributed by atoms with van der Waals surface area (Å²) in [5, 5.41) is 0. The number of nitrogens with zero attached hydrogens (tertiary/aromatic N) is 1. The van der Waals surface area contributed by atoms with Crippen LogP contribution < -0.4 is 5.73 Å². The molecule has 3 nitrogen and oxygen atoms in total. The first-order chi connectivity index (χ1) is 8.78. The molecule has 1 fully saturated rings. The van der Waals surface area contributed by atoms with Crippen molar-refractivity contribution < 1.29 is 4.42 Å². The SMILES string of the molecule is CCc1ccc(C(CN)N(CC)CC2CCC2)o1. The van der Waals surface area contributed by atoms with Crippen molar-refractivity contribution >= 4 is 0 Å². The molecule has 18 heavy (non-hydrogen) atoms. The molecule has 1 aliphatic carbocycles. The third kappa shape index (κ3) is 2.96. The normalized spacial score (nSPS) is 18.0. The van der Waals surface area contributed by atoms with Gasteiger partial charge in [0.1, 0.15) is 11.5 Å². The lowest BCUT2D eigenvalue weighted by molar-refractivity contribution is 0.128.